The van der Waals surface area contributed by atoms with Gasteiger partial charge in [-0.3, -0.25) is 0 Å². The fraction of sp³-hybridized carbons (Fsp3) is 0.364. The molecule has 0 saturated carbocycles. The number of fused-ring (bicyclic) bond motifs is 1. The van der Waals surface area contributed by atoms with Crippen LogP contribution in [0.4, 0.5) is 0 Å². The van der Waals surface area contributed by atoms with Crippen LogP contribution in [0, 0.1) is 0 Å². The molecule has 0 amide bonds. The summed E-state index contributed by atoms with van der Waals surface area (Å²) in [6, 6.07) is 8.02. The van der Waals surface area contributed by atoms with Crippen LogP contribution in [0.15, 0.2) is 24.3 Å². The minimum absolute atomic E-state index is 0.160. The van der Waals surface area contributed by atoms with E-state index < -0.39 is 0 Å². The number of aromatic nitrogens is 2. The molecule has 0 bridgehead atoms. The Kier molecular flexibility index (Phi) is 2.50. The van der Waals surface area contributed by atoms with Crippen molar-refractivity contribution in [2.45, 2.75) is 19.9 Å². The van der Waals surface area contributed by atoms with Gasteiger partial charge in [0.05, 0.1) is 17.6 Å². The molecule has 2 aromatic rings. The van der Waals surface area contributed by atoms with E-state index in [0.717, 1.165) is 23.3 Å². The molecule has 0 saturated heterocycles. The number of hydrogen-bond donors (Lipinski definition) is 1. The van der Waals surface area contributed by atoms with Gasteiger partial charge in [-0.1, -0.05) is 19.1 Å². The third-order valence-corrected chi connectivity index (χ3v) is 2.37. The van der Waals surface area contributed by atoms with Crippen molar-refractivity contribution in [3.8, 4) is 0 Å². The average Bonchev–Trinajstić information content (AvgIpc) is 2.58. The van der Waals surface area contributed by atoms with E-state index in [1.54, 1.807) is 0 Å². The summed E-state index contributed by atoms with van der Waals surface area (Å²) in [5.41, 5.74) is 2.12. The van der Waals surface area contributed by atoms with Crippen molar-refractivity contribution in [2.75, 3.05) is 6.61 Å². The van der Waals surface area contributed by atoms with Crippen LogP contribution in [0.2, 0.25) is 0 Å². The molecule has 0 spiro atoms. The molecular weight excluding hydrogens is 176 g/mol. The number of rotatable bonds is 3. The van der Waals surface area contributed by atoms with Gasteiger partial charge in [0, 0.05) is 13.0 Å². The average molecular weight is 190 g/mol. The second kappa shape index (κ2) is 3.80. The van der Waals surface area contributed by atoms with Crippen LogP contribution in [0.1, 0.15) is 12.7 Å². The maximum Gasteiger partial charge on any atom is 0.109 e. The van der Waals surface area contributed by atoms with Crippen molar-refractivity contribution in [3.63, 3.8) is 0 Å². The monoisotopic (exact) mass is 190 g/mol. The minimum atomic E-state index is 0.160. The molecule has 0 unspecified atom stereocenters. The van der Waals surface area contributed by atoms with Crippen LogP contribution >= 0.6 is 0 Å². The first-order valence-corrected chi connectivity index (χ1v) is 4.91. The Hall–Kier alpha value is -1.35. The molecule has 0 aliphatic carbocycles. The predicted octanol–water partition coefficient (Wildman–Crippen LogP) is 1.59. The number of aryl methyl sites for hydroxylation is 1. The number of imidazole rings is 1. The Morgan fingerprint density at radius 3 is 2.86 bits per heavy atom. The fourth-order valence-electron chi connectivity index (χ4n) is 1.74. The van der Waals surface area contributed by atoms with Crippen molar-refractivity contribution >= 4 is 11.0 Å². The molecule has 3 heteroatoms. The van der Waals surface area contributed by atoms with Crippen molar-refractivity contribution in [1.29, 1.82) is 0 Å². The first kappa shape index (κ1) is 9.21. The van der Waals surface area contributed by atoms with Gasteiger partial charge >= 0.3 is 0 Å². The highest BCUT2D eigenvalue weighted by Gasteiger charge is 2.06. The number of aliphatic hydroxyl groups excluding tert-OH is 1. The van der Waals surface area contributed by atoms with E-state index in [-0.39, 0.29) is 6.61 Å². The lowest BCUT2D eigenvalue weighted by atomic mass is 10.3. The molecule has 0 radical (unpaired) electrons. The maximum atomic E-state index is 8.97. The first-order chi connectivity index (χ1) is 6.86. The molecule has 0 aliphatic heterocycles. The fourth-order valence-corrected chi connectivity index (χ4v) is 1.74. The molecule has 14 heavy (non-hydrogen) atoms. The zero-order chi connectivity index (χ0) is 9.97. The normalized spacial score (nSPS) is 11.0. The lowest BCUT2D eigenvalue weighted by molar-refractivity contribution is 0.276. The van der Waals surface area contributed by atoms with Crippen LogP contribution < -0.4 is 0 Å². The molecule has 0 atom stereocenters. The van der Waals surface area contributed by atoms with Gasteiger partial charge < -0.3 is 9.67 Å². The van der Waals surface area contributed by atoms with Gasteiger partial charge in [-0.25, -0.2) is 4.98 Å². The number of aliphatic hydroxyl groups is 1. The Morgan fingerprint density at radius 1 is 1.36 bits per heavy atom. The maximum absolute atomic E-state index is 8.97. The summed E-state index contributed by atoms with van der Waals surface area (Å²) >= 11 is 0. The summed E-state index contributed by atoms with van der Waals surface area (Å²) in [4.78, 5) is 4.50. The van der Waals surface area contributed by atoms with Gasteiger partial charge in [-0.15, -0.1) is 0 Å². The van der Waals surface area contributed by atoms with E-state index in [2.05, 4.69) is 16.5 Å². The molecule has 1 N–H and O–H groups in total. The molecule has 3 nitrogen and oxygen atoms in total. The highest BCUT2D eigenvalue weighted by Crippen LogP contribution is 2.15. The zero-order valence-corrected chi connectivity index (χ0v) is 8.27. The predicted molar refractivity (Wildman–Crippen MR) is 56.2 cm³/mol. The third-order valence-electron chi connectivity index (χ3n) is 2.37. The molecule has 74 valence electrons. The third kappa shape index (κ3) is 1.40. The second-order valence-electron chi connectivity index (χ2n) is 3.25. The van der Waals surface area contributed by atoms with E-state index >= 15 is 0 Å². The summed E-state index contributed by atoms with van der Waals surface area (Å²) in [6.45, 7) is 2.87. The Bertz CT molecular complexity index is 434. The lowest BCUT2D eigenvalue weighted by Gasteiger charge is -2.04. The molecule has 1 aromatic carbocycles. The second-order valence-corrected chi connectivity index (χ2v) is 3.25. The van der Waals surface area contributed by atoms with Gasteiger partial charge in [0.2, 0.25) is 0 Å². The van der Waals surface area contributed by atoms with Gasteiger partial charge in [0.15, 0.2) is 0 Å². The number of hydrogen-bond acceptors (Lipinski definition) is 2. The van der Waals surface area contributed by atoms with E-state index in [1.807, 2.05) is 24.3 Å². The standard InChI is InChI=1S/C11H14N2O/c1-2-11-12-9-5-3-4-6-10(9)13(11)7-8-14/h3-6,14H,2,7-8H2,1H3. The van der Waals surface area contributed by atoms with Crippen molar-refractivity contribution in [1.82, 2.24) is 9.55 Å². The number of para-hydroxylation sites is 2. The van der Waals surface area contributed by atoms with Crippen molar-refractivity contribution in [3.05, 3.63) is 30.1 Å². The minimum Gasteiger partial charge on any atom is -0.395 e. The van der Waals surface area contributed by atoms with Crippen molar-refractivity contribution in [2.24, 2.45) is 0 Å². The van der Waals surface area contributed by atoms with E-state index in [0.29, 0.717) is 6.54 Å². The highest BCUT2D eigenvalue weighted by atomic mass is 16.3. The number of benzene rings is 1. The van der Waals surface area contributed by atoms with Gasteiger partial charge in [-0.2, -0.15) is 0 Å². The van der Waals surface area contributed by atoms with E-state index in [4.69, 9.17) is 5.11 Å². The first-order valence-electron chi connectivity index (χ1n) is 4.91. The van der Waals surface area contributed by atoms with Crippen LogP contribution in [0.3, 0.4) is 0 Å². The Labute approximate surface area is 83.0 Å². The summed E-state index contributed by atoms with van der Waals surface area (Å²) in [5.74, 6) is 1.04. The molecular formula is C11H14N2O. The summed E-state index contributed by atoms with van der Waals surface area (Å²) < 4.78 is 2.08. The van der Waals surface area contributed by atoms with Crippen LogP contribution in [-0.4, -0.2) is 21.3 Å². The SMILES string of the molecule is CCc1nc2ccccc2n1CCO. The highest BCUT2D eigenvalue weighted by molar-refractivity contribution is 5.75. The molecule has 0 aliphatic rings. The number of nitrogens with zero attached hydrogens (tertiary/aromatic N) is 2. The largest absolute Gasteiger partial charge is 0.395 e. The Balaban J connectivity index is 2.61. The molecule has 2 rings (SSSR count). The summed E-state index contributed by atoms with van der Waals surface area (Å²) in [6.07, 6.45) is 0.897. The summed E-state index contributed by atoms with van der Waals surface area (Å²) in [5, 5.41) is 8.97. The van der Waals surface area contributed by atoms with Gasteiger partial charge in [0.25, 0.3) is 0 Å². The van der Waals surface area contributed by atoms with Crippen molar-refractivity contribution < 1.29 is 5.11 Å². The molecule has 1 heterocycles. The van der Waals surface area contributed by atoms with E-state index in [1.165, 1.54) is 0 Å². The van der Waals surface area contributed by atoms with Crippen LogP contribution in [0.5, 0.6) is 0 Å². The van der Waals surface area contributed by atoms with Gasteiger partial charge in [0.1, 0.15) is 5.82 Å². The zero-order valence-electron chi connectivity index (χ0n) is 8.27. The quantitative estimate of drug-likeness (QED) is 0.798. The van der Waals surface area contributed by atoms with Gasteiger partial charge in [-0.05, 0) is 12.1 Å². The summed E-state index contributed by atoms with van der Waals surface area (Å²) in [7, 11) is 0. The topological polar surface area (TPSA) is 38.0 Å². The van der Waals surface area contributed by atoms with E-state index in [9.17, 15) is 0 Å². The van der Waals surface area contributed by atoms with Crippen LogP contribution in [-0.2, 0) is 13.0 Å². The molecule has 1 aromatic heterocycles. The lowest BCUT2D eigenvalue weighted by Crippen LogP contribution is -2.05. The smallest absolute Gasteiger partial charge is 0.109 e. The Morgan fingerprint density at radius 2 is 2.14 bits per heavy atom. The van der Waals surface area contributed by atoms with Crippen LogP contribution in [0.25, 0.3) is 11.0 Å². The molecule has 0 fully saturated rings.